The summed E-state index contributed by atoms with van der Waals surface area (Å²) in [5.74, 6) is -0.439. The zero-order chi connectivity index (χ0) is 18.4. The van der Waals surface area contributed by atoms with Gasteiger partial charge in [0.1, 0.15) is 4.86 Å². The molecule has 0 aliphatic rings. The number of carbonyl (C=O) groups is 1. The predicted molar refractivity (Wildman–Crippen MR) is 110 cm³/mol. The van der Waals surface area contributed by atoms with Crippen LogP contribution in [-0.4, -0.2) is 17.4 Å². The lowest BCUT2D eigenvalue weighted by molar-refractivity contribution is -0.134. The van der Waals surface area contributed by atoms with Gasteiger partial charge < -0.3 is 10.1 Å². The van der Waals surface area contributed by atoms with Gasteiger partial charge in [0.25, 0.3) is 0 Å². The van der Waals surface area contributed by atoms with E-state index >= 15 is 0 Å². The molecule has 5 heteroatoms. The van der Waals surface area contributed by atoms with Crippen LogP contribution in [0.5, 0.6) is 0 Å². The Morgan fingerprint density at radius 1 is 1.24 bits per heavy atom. The number of rotatable bonds is 7. The van der Waals surface area contributed by atoms with Crippen molar-refractivity contribution in [2.24, 2.45) is 0 Å². The van der Waals surface area contributed by atoms with E-state index in [9.17, 15) is 4.79 Å². The number of esters is 1. The number of anilines is 1. The van der Waals surface area contributed by atoms with Crippen molar-refractivity contribution in [3.8, 4) is 0 Å². The van der Waals surface area contributed by atoms with Gasteiger partial charge in [0.05, 0.1) is 17.2 Å². The van der Waals surface area contributed by atoms with Gasteiger partial charge in [-0.1, -0.05) is 42.9 Å². The number of carbonyl (C=O) groups excluding carboxylic acids is 1. The Hall–Kier alpha value is -1.98. The van der Waals surface area contributed by atoms with Crippen molar-refractivity contribution in [2.45, 2.75) is 34.1 Å². The highest BCUT2D eigenvalue weighted by molar-refractivity contribution is 7.82. The van der Waals surface area contributed by atoms with Crippen molar-refractivity contribution in [1.82, 2.24) is 0 Å². The molecule has 3 nitrogen and oxygen atoms in total. The van der Waals surface area contributed by atoms with Crippen LogP contribution in [0.2, 0.25) is 0 Å². The van der Waals surface area contributed by atoms with E-state index in [-0.39, 0.29) is 4.86 Å². The van der Waals surface area contributed by atoms with Crippen LogP contribution in [0, 0.1) is 13.8 Å². The number of aryl methyl sites for hydroxylation is 2. The number of thiophene rings is 1. The number of hydrogen-bond acceptors (Lipinski definition) is 5. The molecule has 0 saturated carbocycles. The summed E-state index contributed by atoms with van der Waals surface area (Å²) in [6.45, 7) is 8.23. The molecule has 25 heavy (non-hydrogen) atoms. The SMILES string of the molecule is CCOC(=O)C(=S)/C(CC)=C(\Nc1ccc(C)cc1C)c1cccs1. The van der Waals surface area contributed by atoms with Crippen molar-refractivity contribution < 1.29 is 9.53 Å². The lowest BCUT2D eigenvalue weighted by Gasteiger charge is -2.17. The maximum Gasteiger partial charge on any atom is 0.349 e. The van der Waals surface area contributed by atoms with Crippen LogP contribution in [0.15, 0.2) is 41.3 Å². The zero-order valence-corrected chi connectivity index (χ0v) is 16.6. The van der Waals surface area contributed by atoms with E-state index in [1.54, 1.807) is 18.3 Å². The fourth-order valence-corrected chi connectivity index (χ4v) is 3.62. The molecule has 1 heterocycles. The molecule has 0 spiro atoms. The summed E-state index contributed by atoms with van der Waals surface area (Å²) in [5, 5.41) is 5.51. The molecule has 0 atom stereocenters. The van der Waals surface area contributed by atoms with Gasteiger partial charge >= 0.3 is 5.97 Å². The van der Waals surface area contributed by atoms with Gasteiger partial charge in [-0.05, 0) is 50.3 Å². The molecule has 0 bridgehead atoms. The third-order valence-electron chi connectivity index (χ3n) is 3.80. The fourth-order valence-electron chi connectivity index (χ4n) is 2.57. The molecule has 0 aliphatic carbocycles. The molecule has 132 valence electrons. The standard InChI is InChI=1S/C20H23NO2S2/c1-5-15(19(24)20(22)23-6-2)18(17-8-7-11-25-17)21-16-10-9-13(3)12-14(16)4/h7-12,21H,5-6H2,1-4H3/b18-15-. The zero-order valence-electron chi connectivity index (χ0n) is 15.0. The first kappa shape index (κ1) is 19.3. The maximum atomic E-state index is 12.2. The average Bonchev–Trinajstić information content (AvgIpc) is 3.10. The second kappa shape index (κ2) is 8.92. The van der Waals surface area contributed by atoms with Crippen molar-refractivity contribution in [2.75, 3.05) is 11.9 Å². The Balaban J connectivity index is 2.50. The van der Waals surface area contributed by atoms with E-state index in [0.29, 0.717) is 13.0 Å². The first-order valence-corrected chi connectivity index (χ1v) is 9.59. The molecular weight excluding hydrogens is 350 g/mol. The van der Waals surface area contributed by atoms with Crippen LogP contribution in [0.25, 0.3) is 5.70 Å². The molecule has 0 unspecified atom stereocenters. The van der Waals surface area contributed by atoms with Crippen LogP contribution < -0.4 is 5.32 Å². The minimum Gasteiger partial charge on any atom is -0.462 e. The molecule has 1 N–H and O–H groups in total. The highest BCUT2D eigenvalue weighted by Gasteiger charge is 2.20. The second-order valence-electron chi connectivity index (χ2n) is 5.68. The Morgan fingerprint density at radius 3 is 2.56 bits per heavy atom. The summed E-state index contributed by atoms with van der Waals surface area (Å²) in [4.78, 5) is 13.4. The number of hydrogen-bond donors (Lipinski definition) is 1. The fraction of sp³-hybridized carbons (Fsp3) is 0.300. The third-order valence-corrected chi connectivity index (χ3v) is 5.10. The summed E-state index contributed by atoms with van der Waals surface area (Å²) in [6, 6.07) is 10.3. The Bertz CT molecular complexity index is 792. The Labute approximate surface area is 158 Å². The van der Waals surface area contributed by atoms with Crippen molar-refractivity contribution in [1.29, 1.82) is 0 Å². The third kappa shape index (κ3) is 4.77. The van der Waals surface area contributed by atoms with Gasteiger partial charge in [0.15, 0.2) is 0 Å². The van der Waals surface area contributed by atoms with Gasteiger partial charge in [-0.25, -0.2) is 4.79 Å². The van der Waals surface area contributed by atoms with E-state index in [0.717, 1.165) is 27.4 Å². The van der Waals surface area contributed by atoms with E-state index < -0.39 is 5.97 Å². The first-order chi connectivity index (χ1) is 12.0. The van der Waals surface area contributed by atoms with Crippen LogP contribution in [0.4, 0.5) is 5.69 Å². The lowest BCUT2D eigenvalue weighted by Crippen LogP contribution is -2.20. The Morgan fingerprint density at radius 2 is 2.00 bits per heavy atom. The van der Waals surface area contributed by atoms with Crippen molar-refractivity contribution in [3.63, 3.8) is 0 Å². The second-order valence-corrected chi connectivity index (χ2v) is 7.03. The predicted octanol–water partition coefficient (Wildman–Crippen LogP) is 5.53. The molecule has 0 aliphatic heterocycles. The highest BCUT2D eigenvalue weighted by Crippen LogP contribution is 2.29. The molecule has 2 rings (SSSR count). The molecule has 0 amide bonds. The van der Waals surface area contributed by atoms with Gasteiger partial charge in [0, 0.05) is 11.3 Å². The van der Waals surface area contributed by atoms with Crippen LogP contribution >= 0.6 is 23.6 Å². The topological polar surface area (TPSA) is 38.3 Å². The molecular formula is C20H23NO2S2. The normalized spacial score (nSPS) is 11.7. The van der Waals surface area contributed by atoms with E-state index in [4.69, 9.17) is 17.0 Å². The largest absolute Gasteiger partial charge is 0.462 e. The summed E-state index contributed by atoms with van der Waals surface area (Å²) in [7, 11) is 0. The minimum atomic E-state index is -0.439. The number of benzene rings is 1. The van der Waals surface area contributed by atoms with Crippen LogP contribution in [0.1, 0.15) is 36.3 Å². The molecule has 0 fully saturated rings. The molecule has 0 radical (unpaired) electrons. The van der Waals surface area contributed by atoms with Crippen molar-refractivity contribution in [3.05, 3.63) is 57.3 Å². The van der Waals surface area contributed by atoms with Gasteiger partial charge in [-0.2, -0.15) is 0 Å². The Kier molecular flexibility index (Phi) is 6.91. The first-order valence-electron chi connectivity index (χ1n) is 8.30. The van der Waals surface area contributed by atoms with Gasteiger partial charge in [0.2, 0.25) is 0 Å². The summed E-state index contributed by atoms with van der Waals surface area (Å²) < 4.78 is 5.10. The number of nitrogens with one attached hydrogen (secondary N) is 1. The molecule has 2 aromatic rings. The quantitative estimate of drug-likeness (QED) is 0.393. The molecule has 1 aromatic heterocycles. The lowest BCUT2D eigenvalue weighted by atomic mass is 10.0. The summed E-state index contributed by atoms with van der Waals surface area (Å²) in [5.41, 5.74) is 5.04. The smallest absolute Gasteiger partial charge is 0.349 e. The number of ether oxygens (including phenoxy) is 1. The van der Waals surface area contributed by atoms with E-state index in [1.165, 1.54) is 5.56 Å². The summed E-state index contributed by atoms with van der Waals surface area (Å²) in [6.07, 6.45) is 0.642. The summed E-state index contributed by atoms with van der Waals surface area (Å²) >= 11 is 7.03. The monoisotopic (exact) mass is 373 g/mol. The maximum absolute atomic E-state index is 12.2. The van der Waals surface area contributed by atoms with E-state index in [1.807, 2.05) is 24.4 Å². The van der Waals surface area contributed by atoms with Crippen LogP contribution in [0.3, 0.4) is 0 Å². The highest BCUT2D eigenvalue weighted by atomic mass is 32.1. The average molecular weight is 374 g/mol. The molecule has 0 saturated heterocycles. The van der Waals surface area contributed by atoms with Gasteiger partial charge in [-0.3, -0.25) is 0 Å². The van der Waals surface area contributed by atoms with Crippen LogP contribution in [-0.2, 0) is 9.53 Å². The molecule has 1 aromatic carbocycles. The number of thiocarbonyl (C=S) groups is 1. The minimum absolute atomic E-state index is 0.241. The van der Waals surface area contributed by atoms with E-state index in [2.05, 4.69) is 37.4 Å². The van der Waals surface area contributed by atoms with Crippen molar-refractivity contribution >= 4 is 45.8 Å². The van der Waals surface area contributed by atoms with Gasteiger partial charge in [-0.15, -0.1) is 11.3 Å².